The highest BCUT2D eigenvalue weighted by Gasteiger charge is 1.98. The molecule has 0 aliphatic rings. The molecule has 80 valence electrons. The van der Waals surface area contributed by atoms with Crippen LogP contribution in [0.25, 0.3) is 0 Å². The maximum atomic E-state index is 10.4. The van der Waals surface area contributed by atoms with Crippen molar-refractivity contribution in [2.24, 2.45) is 0 Å². The molecule has 0 spiro atoms. The highest BCUT2D eigenvalue weighted by atomic mass is 16.4. The number of hydrogen-bond donors (Lipinski definition) is 0. The number of nitrogens with zero attached hydrogens (tertiary/aromatic N) is 1. The van der Waals surface area contributed by atoms with Crippen molar-refractivity contribution < 1.29 is 9.90 Å². The number of aryl methyl sites for hydroxylation is 2. The number of pyridine rings is 1. The molecule has 0 N–H and O–H groups in total. The van der Waals surface area contributed by atoms with E-state index in [0.717, 1.165) is 12.1 Å². The Kier molecular flexibility index (Phi) is 4.03. The van der Waals surface area contributed by atoms with Crippen LogP contribution in [0, 0.1) is 0 Å². The Balaban J connectivity index is 2.51. The third-order valence-electron chi connectivity index (χ3n) is 2.27. The van der Waals surface area contributed by atoms with E-state index < -0.39 is 5.97 Å². The fourth-order valence-corrected chi connectivity index (χ4v) is 1.19. The van der Waals surface area contributed by atoms with E-state index in [0.29, 0.717) is 12.8 Å². The van der Waals surface area contributed by atoms with Crippen LogP contribution < -0.4 is 5.11 Å². The zero-order valence-corrected chi connectivity index (χ0v) is 8.82. The van der Waals surface area contributed by atoms with Gasteiger partial charge in [-0.15, -0.1) is 0 Å². The summed E-state index contributed by atoms with van der Waals surface area (Å²) < 4.78 is 0. The summed E-state index contributed by atoms with van der Waals surface area (Å²) in [6.45, 7) is 5.48. The zero-order chi connectivity index (χ0) is 11.3. The van der Waals surface area contributed by atoms with Gasteiger partial charge in [0.15, 0.2) is 0 Å². The Morgan fingerprint density at radius 2 is 2.27 bits per heavy atom. The predicted molar refractivity (Wildman–Crippen MR) is 56.1 cm³/mol. The lowest BCUT2D eigenvalue weighted by Crippen LogP contribution is -2.24. The highest BCUT2D eigenvalue weighted by Crippen LogP contribution is 2.06. The molecule has 0 radical (unpaired) electrons. The van der Waals surface area contributed by atoms with Crippen LogP contribution >= 0.6 is 0 Å². The smallest absolute Gasteiger partial charge is 0.0669 e. The molecule has 3 nitrogen and oxygen atoms in total. The minimum atomic E-state index is -1.18. The van der Waals surface area contributed by atoms with E-state index in [2.05, 4.69) is 18.5 Å². The van der Waals surface area contributed by atoms with E-state index in [4.69, 9.17) is 0 Å². The molecule has 15 heavy (non-hydrogen) atoms. The standard InChI is InChI=1S/C12H15NO2/c1-3-10-5-7-11(13-8-10)6-4-9(2)12(14)15/h5,7-8H,2-4,6H2,1H3,(H,14,15)/p-1. The second-order valence-electron chi connectivity index (χ2n) is 3.40. The van der Waals surface area contributed by atoms with Gasteiger partial charge in [-0.1, -0.05) is 19.6 Å². The highest BCUT2D eigenvalue weighted by molar-refractivity contribution is 5.83. The fourth-order valence-electron chi connectivity index (χ4n) is 1.19. The third kappa shape index (κ3) is 3.54. The van der Waals surface area contributed by atoms with Crippen LogP contribution in [-0.4, -0.2) is 11.0 Å². The lowest BCUT2D eigenvalue weighted by atomic mass is 10.1. The predicted octanol–water partition coefficient (Wildman–Crippen LogP) is 0.883. The Labute approximate surface area is 89.5 Å². The van der Waals surface area contributed by atoms with Crippen LogP contribution in [0.15, 0.2) is 30.5 Å². The molecule has 1 heterocycles. The van der Waals surface area contributed by atoms with Gasteiger partial charge in [-0.2, -0.15) is 0 Å². The summed E-state index contributed by atoms with van der Waals surface area (Å²) in [7, 11) is 0. The van der Waals surface area contributed by atoms with Crippen LogP contribution in [0.3, 0.4) is 0 Å². The van der Waals surface area contributed by atoms with Gasteiger partial charge in [0.1, 0.15) is 0 Å². The maximum absolute atomic E-state index is 10.4. The second kappa shape index (κ2) is 5.29. The van der Waals surface area contributed by atoms with Gasteiger partial charge in [-0.05, 0) is 36.5 Å². The molecule has 0 saturated heterocycles. The van der Waals surface area contributed by atoms with E-state index in [1.165, 1.54) is 5.56 Å². The summed E-state index contributed by atoms with van der Waals surface area (Å²) >= 11 is 0. The monoisotopic (exact) mass is 204 g/mol. The van der Waals surface area contributed by atoms with E-state index >= 15 is 0 Å². The van der Waals surface area contributed by atoms with Crippen LogP contribution in [0.1, 0.15) is 24.6 Å². The zero-order valence-electron chi connectivity index (χ0n) is 8.82. The molecule has 1 rings (SSSR count). The molecule has 0 aromatic carbocycles. The fraction of sp³-hybridized carbons (Fsp3) is 0.333. The normalized spacial score (nSPS) is 9.93. The van der Waals surface area contributed by atoms with Crippen molar-refractivity contribution in [3.63, 3.8) is 0 Å². The summed E-state index contributed by atoms with van der Waals surface area (Å²) in [6.07, 6.45) is 3.76. The van der Waals surface area contributed by atoms with Gasteiger partial charge < -0.3 is 9.90 Å². The number of hydrogen-bond acceptors (Lipinski definition) is 3. The van der Waals surface area contributed by atoms with Crippen LogP contribution in [-0.2, 0) is 17.6 Å². The second-order valence-corrected chi connectivity index (χ2v) is 3.40. The van der Waals surface area contributed by atoms with E-state index in [-0.39, 0.29) is 5.57 Å². The van der Waals surface area contributed by atoms with Crippen molar-refractivity contribution in [1.82, 2.24) is 4.98 Å². The first-order valence-corrected chi connectivity index (χ1v) is 4.96. The van der Waals surface area contributed by atoms with E-state index in [1.54, 1.807) is 0 Å². The van der Waals surface area contributed by atoms with Crippen molar-refractivity contribution in [3.05, 3.63) is 41.7 Å². The van der Waals surface area contributed by atoms with Crippen molar-refractivity contribution >= 4 is 5.97 Å². The summed E-state index contributed by atoms with van der Waals surface area (Å²) in [4.78, 5) is 14.6. The first-order valence-electron chi connectivity index (χ1n) is 4.96. The molecule has 0 amide bonds. The number of aliphatic carboxylic acids is 1. The summed E-state index contributed by atoms with van der Waals surface area (Å²) in [5.41, 5.74) is 2.18. The van der Waals surface area contributed by atoms with Gasteiger partial charge in [0.05, 0.1) is 5.97 Å². The van der Waals surface area contributed by atoms with E-state index in [9.17, 15) is 9.90 Å². The van der Waals surface area contributed by atoms with E-state index in [1.807, 2.05) is 18.3 Å². The Morgan fingerprint density at radius 3 is 2.73 bits per heavy atom. The van der Waals surface area contributed by atoms with Crippen LogP contribution in [0.2, 0.25) is 0 Å². The average Bonchev–Trinajstić information content (AvgIpc) is 2.26. The first-order chi connectivity index (χ1) is 7.13. The summed E-state index contributed by atoms with van der Waals surface area (Å²) in [6, 6.07) is 3.92. The number of carboxylic acids is 1. The van der Waals surface area contributed by atoms with Gasteiger partial charge in [0.2, 0.25) is 0 Å². The quantitative estimate of drug-likeness (QED) is 0.669. The van der Waals surface area contributed by atoms with Gasteiger partial charge in [-0.3, -0.25) is 4.98 Å². The third-order valence-corrected chi connectivity index (χ3v) is 2.27. The molecule has 1 aromatic rings. The molecule has 0 aliphatic carbocycles. The Bertz CT molecular complexity index is 354. The first kappa shape index (κ1) is 11.4. The van der Waals surface area contributed by atoms with Crippen molar-refractivity contribution in [2.75, 3.05) is 0 Å². The topological polar surface area (TPSA) is 53.0 Å². The minimum Gasteiger partial charge on any atom is -0.545 e. The maximum Gasteiger partial charge on any atom is 0.0669 e. The van der Waals surface area contributed by atoms with Crippen molar-refractivity contribution in [2.45, 2.75) is 26.2 Å². The van der Waals surface area contributed by atoms with Gasteiger partial charge >= 0.3 is 0 Å². The number of carboxylic acid groups (broad SMARTS) is 1. The molecule has 0 fully saturated rings. The molecule has 3 heteroatoms. The molecule has 1 aromatic heterocycles. The molecular weight excluding hydrogens is 190 g/mol. The minimum absolute atomic E-state index is 0.122. The number of carbonyl (C=O) groups excluding carboxylic acids is 1. The van der Waals surface area contributed by atoms with Gasteiger partial charge in [0, 0.05) is 11.9 Å². The molecular formula is C12H14NO2-. The number of rotatable bonds is 5. The summed E-state index contributed by atoms with van der Waals surface area (Å²) in [5, 5.41) is 10.4. The molecule has 0 unspecified atom stereocenters. The number of carbonyl (C=O) groups is 1. The largest absolute Gasteiger partial charge is 0.545 e. The Hall–Kier alpha value is -1.64. The molecule has 0 saturated carbocycles. The van der Waals surface area contributed by atoms with Crippen LogP contribution in [0.4, 0.5) is 0 Å². The Morgan fingerprint density at radius 1 is 1.53 bits per heavy atom. The van der Waals surface area contributed by atoms with Crippen LogP contribution in [0.5, 0.6) is 0 Å². The lowest BCUT2D eigenvalue weighted by molar-refractivity contribution is -0.299. The van der Waals surface area contributed by atoms with Crippen molar-refractivity contribution in [3.8, 4) is 0 Å². The molecule has 0 bridgehead atoms. The SMILES string of the molecule is C=C(CCc1ccc(CC)cn1)C(=O)[O-]. The summed E-state index contributed by atoms with van der Waals surface area (Å²) in [5.74, 6) is -1.18. The van der Waals surface area contributed by atoms with Crippen molar-refractivity contribution in [1.29, 1.82) is 0 Å². The average molecular weight is 204 g/mol. The lowest BCUT2D eigenvalue weighted by Gasteiger charge is -2.06. The molecule has 0 atom stereocenters. The number of aromatic nitrogens is 1. The molecule has 0 aliphatic heterocycles. The van der Waals surface area contributed by atoms with Gasteiger partial charge in [-0.25, -0.2) is 0 Å². The van der Waals surface area contributed by atoms with Gasteiger partial charge in [0.25, 0.3) is 0 Å².